The van der Waals surface area contributed by atoms with Gasteiger partial charge in [0.1, 0.15) is 0 Å². The Morgan fingerprint density at radius 2 is 1.72 bits per heavy atom. The molecule has 0 radical (unpaired) electrons. The molecule has 2 aromatic rings. The number of anilines is 1. The summed E-state index contributed by atoms with van der Waals surface area (Å²) < 4.78 is 22.1. The molecular formula is C19H21N2O3S-. The van der Waals surface area contributed by atoms with E-state index in [0.29, 0.717) is 13.1 Å². The van der Waals surface area contributed by atoms with Crippen molar-refractivity contribution in [1.82, 2.24) is 4.90 Å². The zero-order valence-electron chi connectivity index (χ0n) is 14.5. The van der Waals surface area contributed by atoms with Crippen LogP contribution in [0.15, 0.2) is 47.4 Å². The van der Waals surface area contributed by atoms with Crippen LogP contribution in [0.25, 0.3) is 0 Å². The van der Waals surface area contributed by atoms with Crippen LogP contribution in [0.2, 0.25) is 0 Å². The van der Waals surface area contributed by atoms with E-state index in [9.17, 15) is 13.6 Å². The maximum Gasteiger partial charge on any atom is 0.322 e. The number of carbonyl (C=O) groups excluding carboxylic acids is 1. The fraction of sp³-hybridized carbons (Fsp3) is 0.316. The van der Waals surface area contributed by atoms with Crippen LogP contribution >= 0.6 is 0 Å². The second-order valence-electron chi connectivity index (χ2n) is 7.28. The topological polar surface area (TPSA) is 72.5 Å². The van der Waals surface area contributed by atoms with Crippen molar-refractivity contribution >= 4 is 22.8 Å². The summed E-state index contributed by atoms with van der Waals surface area (Å²) in [6.07, 6.45) is 0. The van der Waals surface area contributed by atoms with Crippen molar-refractivity contribution in [1.29, 1.82) is 0 Å². The van der Waals surface area contributed by atoms with Crippen LogP contribution in [0.4, 0.5) is 10.5 Å². The highest BCUT2D eigenvalue weighted by Crippen LogP contribution is 2.26. The van der Waals surface area contributed by atoms with Crippen molar-refractivity contribution in [3.8, 4) is 0 Å². The minimum Gasteiger partial charge on any atom is -0.768 e. The Kier molecular flexibility index (Phi) is 4.67. The van der Waals surface area contributed by atoms with Gasteiger partial charge < -0.3 is 14.8 Å². The van der Waals surface area contributed by atoms with Gasteiger partial charge in [0.2, 0.25) is 0 Å². The highest BCUT2D eigenvalue weighted by Gasteiger charge is 2.24. The lowest BCUT2D eigenvalue weighted by atomic mass is 9.87. The molecular weight excluding hydrogens is 336 g/mol. The minimum absolute atomic E-state index is 0.0679. The van der Waals surface area contributed by atoms with Crippen LogP contribution in [-0.2, 0) is 29.6 Å². The molecule has 25 heavy (non-hydrogen) atoms. The number of amides is 2. The fourth-order valence-corrected chi connectivity index (χ4v) is 3.29. The lowest BCUT2D eigenvalue weighted by Crippen LogP contribution is -2.30. The summed E-state index contributed by atoms with van der Waals surface area (Å²) >= 11 is -2.25. The lowest BCUT2D eigenvalue weighted by molar-refractivity contribution is 0.212. The van der Waals surface area contributed by atoms with Gasteiger partial charge in [-0.1, -0.05) is 39.0 Å². The maximum atomic E-state index is 12.5. The smallest absolute Gasteiger partial charge is 0.322 e. The van der Waals surface area contributed by atoms with E-state index >= 15 is 0 Å². The second-order valence-corrected chi connectivity index (χ2v) is 8.22. The molecule has 1 aliphatic heterocycles. The Balaban J connectivity index is 1.67. The van der Waals surface area contributed by atoms with Gasteiger partial charge in [-0.25, -0.2) is 4.79 Å². The molecule has 0 fully saturated rings. The molecule has 2 amide bonds. The number of fused-ring (bicyclic) bond motifs is 1. The monoisotopic (exact) mass is 357 g/mol. The third kappa shape index (κ3) is 3.91. The van der Waals surface area contributed by atoms with E-state index in [4.69, 9.17) is 0 Å². The average Bonchev–Trinajstić information content (AvgIpc) is 2.97. The zero-order chi connectivity index (χ0) is 18.2. The Morgan fingerprint density at radius 1 is 1.08 bits per heavy atom. The van der Waals surface area contributed by atoms with Crippen molar-refractivity contribution in [3.05, 3.63) is 59.2 Å². The summed E-state index contributed by atoms with van der Waals surface area (Å²) in [5.74, 6) is 0. The number of rotatable bonds is 2. The molecule has 0 spiro atoms. The standard InChI is InChI=1S/C19H22N2O3S/c1-19(2,3)15-5-7-16(8-6-15)20-18(22)21-11-13-4-9-17(25(23)24)10-14(13)12-21/h4-10H,11-12H2,1-3H3,(H,20,22)(H,23,24)/p-1. The normalized spacial score (nSPS) is 15.0. The minimum atomic E-state index is -2.25. The summed E-state index contributed by atoms with van der Waals surface area (Å²) in [5, 5.41) is 2.90. The molecule has 1 unspecified atom stereocenters. The molecule has 5 nitrogen and oxygen atoms in total. The first kappa shape index (κ1) is 17.6. The molecule has 1 heterocycles. The second kappa shape index (κ2) is 6.61. The van der Waals surface area contributed by atoms with E-state index in [1.54, 1.807) is 23.1 Å². The van der Waals surface area contributed by atoms with Crippen LogP contribution in [0.5, 0.6) is 0 Å². The van der Waals surface area contributed by atoms with Crippen LogP contribution in [0, 0.1) is 0 Å². The number of carbonyl (C=O) groups is 1. The molecule has 0 saturated heterocycles. The number of nitrogens with one attached hydrogen (secondary N) is 1. The summed E-state index contributed by atoms with van der Waals surface area (Å²) in [4.78, 5) is 14.4. The van der Waals surface area contributed by atoms with E-state index in [-0.39, 0.29) is 16.3 Å². The van der Waals surface area contributed by atoms with E-state index < -0.39 is 11.1 Å². The van der Waals surface area contributed by atoms with E-state index in [0.717, 1.165) is 16.8 Å². The zero-order valence-corrected chi connectivity index (χ0v) is 15.4. The Hall–Kier alpha value is -2.18. The van der Waals surface area contributed by atoms with Crippen LogP contribution in [-0.4, -0.2) is 19.7 Å². The third-order valence-corrected chi connectivity index (χ3v) is 5.02. The van der Waals surface area contributed by atoms with E-state index in [1.165, 1.54) is 5.56 Å². The van der Waals surface area contributed by atoms with Crippen LogP contribution < -0.4 is 5.32 Å². The van der Waals surface area contributed by atoms with Crippen LogP contribution in [0.1, 0.15) is 37.5 Å². The Bertz CT molecular complexity index is 826. The number of urea groups is 1. The Morgan fingerprint density at radius 3 is 2.32 bits per heavy atom. The third-order valence-electron chi connectivity index (χ3n) is 4.38. The molecule has 0 bridgehead atoms. The van der Waals surface area contributed by atoms with Gasteiger partial charge in [0.25, 0.3) is 0 Å². The maximum absolute atomic E-state index is 12.5. The first-order valence-corrected chi connectivity index (χ1v) is 9.19. The molecule has 3 rings (SSSR count). The van der Waals surface area contributed by atoms with Gasteiger partial charge in [-0.3, -0.25) is 4.21 Å². The average molecular weight is 357 g/mol. The van der Waals surface area contributed by atoms with Gasteiger partial charge in [0.15, 0.2) is 0 Å². The van der Waals surface area contributed by atoms with Crippen molar-refractivity contribution < 1.29 is 13.6 Å². The molecule has 2 aromatic carbocycles. The van der Waals surface area contributed by atoms with E-state index in [2.05, 4.69) is 26.1 Å². The number of benzene rings is 2. The Labute approximate surface area is 150 Å². The summed E-state index contributed by atoms with van der Waals surface area (Å²) in [7, 11) is 0. The molecule has 0 aliphatic carbocycles. The predicted octanol–water partition coefficient (Wildman–Crippen LogP) is 3.77. The summed E-state index contributed by atoms with van der Waals surface area (Å²) in [5.41, 5.74) is 3.87. The van der Waals surface area contributed by atoms with Gasteiger partial charge >= 0.3 is 6.03 Å². The first-order valence-electron chi connectivity index (χ1n) is 8.11. The first-order chi connectivity index (χ1) is 11.7. The van der Waals surface area contributed by atoms with Crippen molar-refractivity contribution in [3.63, 3.8) is 0 Å². The number of hydrogen-bond donors (Lipinski definition) is 1. The van der Waals surface area contributed by atoms with Crippen molar-refractivity contribution in [2.24, 2.45) is 0 Å². The molecule has 1 N–H and O–H groups in total. The highest BCUT2D eigenvalue weighted by molar-refractivity contribution is 7.79. The molecule has 132 valence electrons. The molecule has 6 heteroatoms. The molecule has 1 atom stereocenters. The highest BCUT2D eigenvalue weighted by atomic mass is 32.2. The van der Waals surface area contributed by atoms with Gasteiger partial charge in [-0.15, -0.1) is 0 Å². The lowest BCUT2D eigenvalue weighted by Gasteiger charge is -2.20. The molecule has 1 aliphatic rings. The summed E-state index contributed by atoms with van der Waals surface area (Å²) in [6.45, 7) is 7.32. The fourth-order valence-electron chi connectivity index (χ4n) is 2.87. The van der Waals surface area contributed by atoms with Crippen molar-refractivity contribution in [2.45, 2.75) is 44.2 Å². The number of nitrogens with zero attached hydrogens (tertiary/aromatic N) is 1. The SMILES string of the molecule is CC(C)(C)c1ccc(NC(=O)N2Cc3ccc(S(=O)[O-])cc3C2)cc1. The van der Waals surface area contributed by atoms with Gasteiger partial charge in [0.05, 0.1) is 0 Å². The largest absolute Gasteiger partial charge is 0.768 e. The summed E-state index contributed by atoms with van der Waals surface area (Å²) in [6, 6.07) is 12.6. The number of hydrogen-bond acceptors (Lipinski definition) is 3. The quantitative estimate of drug-likeness (QED) is 0.832. The molecule has 0 aromatic heterocycles. The van der Waals surface area contributed by atoms with Crippen molar-refractivity contribution in [2.75, 3.05) is 5.32 Å². The van der Waals surface area contributed by atoms with Gasteiger partial charge in [-0.2, -0.15) is 0 Å². The predicted molar refractivity (Wildman–Crippen MR) is 97.0 cm³/mol. The van der Waals surface area contributed by atoms with Crippen LogP contribution in [0.3, 0.4) is 0 Å². The van der Waals surface area contributed by atoms with E-state index in [1.807, 2.05) is 24.3 Å². The molecule has 0 saturated carbocycles. The van der Waals surface area contributed by atoms with Gasteiger partial charge in [-0.05, 0) is 57.5 Å². The van der Waals surface area contributed by atoms with Gasteiger partial charge in [0, 0.05) is 23.7 Å².